The molecule has 1 N–H and O–H groups in total. The van der Waals surface area contributed by atoms with Crippen molar-refractivity contribution in [3.63, 3.8) is 0 Å². The number of hydrogen-bond acceptors (Lipinski definition) is 5. The van der Waals surface area contributed by atoms with Gasteiger partial charge in [0.2, 0.25) is 21.8 Å². The summed E-state index contributed by atoms with van der Waals surface area (Å²) in [5.74, 6) is 0.373. The molecule has 3 aromatic carbocycles. The van der Waals surface area contributed by atoms with Crippen LogP contribution in [0.15, 0.2) is 78.9 Å². The van der Waals surface area contributed by atoms with Gasteiger partial charge in [0.25, 0.3) is 0 Å². The summed E-state index contributed by atoms with van der Waals surface area (Å²) in [5, 5.41) is 2.84. The van der Waals surface area contributed by atoms with Crippen molar-refractivity contribution in [3.8, 4) is 11.5 Å². The van der Waals surface area contributed by atoms with Crippen LogP contribution in [-0.4, -0.2) is 50.0 Å². The first-order valence-electron chi connectivity index (χ1n) is 12.4. The molecule has 0 saturated carbocycles. The highest BCUT2D eigenvalue weighted by atomic mass is 32.2. The minimum absolute atomic E-state index is 0.106. The largest absolute Gasteiger partial charge is 0.457 e. The molecule has 1 atom stereocenters. The Kier molecular flexibility index (Phi) is 9.52. The van der Waals surface area contributed by atoms with Gasteiger partial charge in [-0.1, -0.05) is 48.0 Å². The number of benzene rings is 3. The number of nitrogens with zero attached hydrogens (tertiary/aromatic N) is 2. The lowest BCUT2D eigenvalue weighted by Crippen LogP contribution is -2.52. The first kappa shape index (κ1) is 28.7. The van der Waals surface area contributed by atoms with Crippen molar-refractivity contribution in [1.29, 1.82) is 0 Å². The Labute approximate surface area is 225 Å². The SMILES string of the molecule is Cc1cccc(CN(C(=O)CN(c2ccc(Oc3ccccc3)cc2)S(C)(=O)=O)[C@@H](C)C(=O)NC(C)C)c1. The van der Waals surface area contributed by atoms with Gasteiger partial charge in [-0.2, -0.15) is 0 Å². The molecule has 0 radical (unpaired) electrons. The molecule has 38 heavy (non-hydrogen) atoms. The molecule has 0 fully saturated rings. The lowest BCUT2D eigenvalue weighted by molar-refractivity contribution is -0.139. The van der Waals surface area contributed by atoms with Gasteiger partial charge in [-0.3, -0.25) is 13.9 Å². The van der Waals surface area contributed by atoms with Crippen LogP contribution >= 0.6 is 0 Å². The topological polar surface area (TPSA) is 96.0 Å². The number of sulfonamides is 1. The fraction of sp³-hybridized carbons (Fsp3) is 0.310. The van der Waals surface area contributed by atoms with E-state index in [0.29, 0.717) is 17.2 Å². The third-order valence-electron chi connectivity index (χ3n) is 5.82. The van der Waals surface area contributed by atoms with Crippen molar-refractivity contribution in [2.45, 2.75) is 46.3 Å². The van der Waals surface area contributed by atoms with E-state index < -0.39 is 28.5 Å². The predicted molar refractivity (Wildman–Crippen MR) is 150 cm³/mol. The summed E-state index contributed by atoms with van der Waals surface area (Å²) in [7, 11) is -3.82. The number of hydrogen-bond donors (Lipinski definition) is 1. The van der Waals surface area contributed by atoms with E-state index in [-0.39, 0.29) is 18.5 Å². The molecule has 0 saturated heterocycles. The average Bonchev–Trinajstić information content (AvgIpc) is 2.85. The van der Waals surface area contributed by atoms with Gasteiger partial charge < -0.3 is 15.0 Å². The van der Waals surface area contributed by atoms with Gasteiger partial charge in [0.05, 0.1) is 11.9 Å². The highest BCUT2D eigenvalue weighted by molar-refractivity contribution is 7.92. The monoisotopic (exact) mass is 537 g/mol. The summed E-state index contributed by atoms with van der Waals surface area (Å²) in [6, 6.07) is 22.4. The van der Waals surface area contributed by atoms with Crippen molar-refractivity contribution in [3.05, 3.63) is 90.0 Å². The van der Waals surface area contributed by atoms with E-state index >= 15 is 0 Å². The molecule has 3 rings (SSSR count). The molecule has 0 bridgehead atoms. The quantitative estimate of drug-likeness (QED) is 0.389. The van der Waals surface area contributed by atoms with Gasteiger partial charge in [0, 0.05) is 12.6 Å². The maximum atomic E-state index is 13.6. The zero-order valence-electron chi connectivity index (χ0n) is 22.4. The summed E-state index contributed by atoms with van der Waals surface area (Å²) in [6.07, 6.45) is 1.05. The Hall–Kier alpha value is -3.85. The van der Waals surface area contributed by atoms with Crippen LogP contribution in [0.3, 0.4) is 0 Å². The van der Waals surface area contributed by atoms with Gasteiger partial charge in [0.15, 0.2) is 0 Å². The van der Waals surface area contributed by atoms with Crippen molar-refractivity contribution in [2.75, 3.05) is 17.1 Å². The standard InChI is InChI=1S/C29H35N3O5S/c1-21(2)30-29(34)23(4)31(19-24-11-9-10-22(3)18-24)28(33)20-32(38(5,35)36)25-14-16-27(17-15-25)37-26-12-7-6-8-13-26/h6-18,21,23H,19-20H2,1-5H3,(H,30,34)/t23-/m0/s1. The fourth-order valence-electron chi connectivity index (χ4n) is 3.91. The Balaban J connectivity index is 1.86. The van der Waals surface area contributed by atoms with Crippen LogP contribution in [-0.2, 0) is 26.2 Å². The molecule has 9 heteroatoms. The Morgan fingerprint density at radius 1 is 0.895 bits per heavy atom. The molecule has 8 nitrogen and oxygen atoms in total. The number of aryl methyl sites for hydroxylation is 1. The lowest BCUT2D eigenvalue weighted by Gasteiger charge is -2.32. The second kappa shape index (κ2) is 12.6. The van der Waals surface area contributed by atoms with Crippen LogP contribution in [0.25, 0.3) is 0 Å². The van der Waals surface area contributed by atoms with E-state index in [0.717, 1.165) is 21.7 Å². The van der Waals surface area contributed by atoms with E-state index in [1.165, 1.54) is 4.90 Å². The van der Waals surface area contributed by atoms with E-state index in [4.69, 9.17) is 4.74 Å². The highest BCUT2D eigenvalue weighted by Crippen LogP contribution is 2.26. The third kappa shape index (κ3) is 8.08. The predicted octanol–water partition coefficient (Wildman–Crippen LogP) is 4.50. The lowest BCUT2D eigenvalue weighted by atomic mass is 10.1. The normalized spacial score (nSPS) is 12.1. The second-order valence-electron chi connectivity index (χ2n) is 9.53. The smallest absolute Gasteiger partial charge is 0.244 e. The number of carbonyl (C=O) groups excluding carboxylic acids is 2. The highest BCUT2D eigenvalue weighted by Gasteiger charge is 2.30. The van der Waals surface area contributed by atoms with Gasteiger partial charge in [-0.15, -0.1) is 0 Å². The van der Waals surface area contributed by atoms with Crippen molar-refractivity contribution >= 4 is 27.5 Å². The van der Waals surface area contributed by atoms with Gasteiger partial charge in [-0.25, -0.2) is 8.42 Å². The Morgan fingerprint density at radius 2 is 1.53 bits per heavy atom. The molecule has 202 valence electrons. The van der Waals surface area contributed by atoms with Crippen LogP contribution in [0.1, 0.15) is 31.9 Å². The molecule has 0 aromatic heterocycles. The molecule has 3 aromatic rings. The minimum atomic E-state index is -3.82. The molecule has 0 unspecified atom stereocenters. The number of carbonyl (C=O) groups is 2. The van der Waals surface area contributed by atoms with Crippen LogP contribution in [0.5, 0.6) is 11.5 Å². The summed E-state index contributed by atoms with van der Waals surface area (Å²) in [6.45, 7) is 6.98. The Bertz CT molecular complexity index is 1340. The number of amides is 2. The fourth-order valence-corrected chi connectivity index (χ4v) is 4.76. The molecule has 0 aliphatic carbocycles. The summed E-state index contributed by atoms with van der Waals surface area (Å²) in [5.41, 5.74) is 2.18. The molecular formula is C29H35N3O5S. The van der Waals surface area contributed by atoms with Gasteiger partial charge in [0.1, 0.15) is 24.1 Å². The summed E-state index contributed by atoms with van der Waals surface area (Å²) in [4.78, 5) is 27.9. The summed E-state index contributed by atoms with van der Waals surface area (Å²) < 4.78 is 32.4. The average molecular weight is 538 g/mol. The van der Waals surface area contributed by atoms with Crippen molar-refractivity contribution < 1.29 is 22.7 Å². The molecule has 0 aliphatic heterocycles. The van der Waals surface area contributed by atoms with Crippen LogP contribution in [0, 0.1) is 6.92 Å². The zero-order valence-corrected chi connectivity index (χ0v) is 23.2. The van der Waals surface area contributed by atoms with E-state index in [1.807, 2.05) is 75.4 Å². The maximum absolute atomic E-state index is 13.6. The molecule has 2 amide bonds. The number of para-hydroxylation sites is 1. The van der Waals surface area contributed by atoms with Crippen LogP contribution in [0.4, 0.5) is 5.69 Å². The first-order chi connectivity index (χ1) is 17.9. The third-order valence-corrected chi connectivity index (χ3v) is 6.96. The van der Waals surface area contributed by atoms with Gasteiger partial charge >= 0.3 is 0 Å². The molecular weight excluding hydrogens is 502 g/mol. The zero-order chi connectivity index (χ0) is 27.9. The molecule has 0 heterocycles. The Morgan fingerprint density at radius 3 is 2.11 bits per heavy atom. The van der Waals surface area contributed by atoms with Crippen molar-refractivity contribution in [2.24, 2.45) is 0 Å². The van der Waals surface area contributed by atoms with Crippen LogP contribution < -0.4 is 14.4 Å². The number of anilines is 1. The van der Waals surface area contributed by atoms with E-state index in [1.54, 1.807) is 31.2 Å². The second-order valence-corrected chi connectivity index (χ2v) is 11.4. The van der Waals surface area contributed by atoms with E-state index in [2.05, 4.69) is 5.32 Å². The molecule has 0 spiro atoms. The van der Waals surface area contributed by atoms with Crippen molar-refractivity contribution in [1.82, 2.24) is 10.2 Å². The van der Waals surface area contributed by atoms with Crippen LogP contribution in [0.2, 0.25) is 0 Å². The number of ether oxygens (including phenoxy) is 1. The number of rotatable bonds is 11. The first-order valence-corrected chi connectivity index (χ1v) is 14.2. The van der Waals surface area contributed by atoms with Gasteiger partial charge in [-0.05, 0) is 69.7 Å². The van der Waals surface area contributed by atoms with E-state index in [9.17, 15) is 18.0 Å². The number of nitrogens with one attached hydrogen (secondary N) is 1. The molecule has 0 aliphatic rings. The maximum Gasteiger partial charge on any atom is 0.244 e. The minimum Gasteiger partial charge on any atom is -0.457 e. The summed E-state index contributed by atoms with van der Waals surface area (Å²) >= 11 is 0.